The van der Waals surface area contributed by atoms with Gasteiger partial charge in [-0.2, -0.15) is 0 Å². The summed E-state index contributed by atoms with van der Waals surface area (Å²) in [5.41, 5.74) is 4.63. The van der Waals surface area contributed by atoms with Crippen LogP contribution in [0.1, 0.15) is 11.7 Å². The van der Waals surface area contributed by atoms with Crippen molar-refractivity contribution in [2.24, 2.45) is 0 Å². The summed E-state index contributed by atoms with van der Waals surface area (Å²) in [6.45, 7) is 0. The predicted octanol–water partition coefficient (Wildman–Crippen LogP) is 4.07. The van der Waals surface area contributed by atoms with Gasteiger partial charge in [0.05, 0.1) is 0 Å². The summed E-state index contributed by atoms with van der Waals surface area (Å²) >= 11 is 6.38. The largest absolute Gasteiger partial charge is 0.378 e. The highest BCUT2D eigenvalue weighted by molar-refractivity contribution is 6.33. The number of halogens is 1. The molecule has 4 rings (SSSR count). The van der Waals surface area contributed by atoms with Gasteiger partial charge in [-0.1, -0.05) is 29.8 Å². The smallest absolute Gasteiger partial charge is 0.255 e. The van der Waals surface area contributed by atoms with E-state index in [4.69, 9.17) is 11.6 Å². The predicted molar refractivity (Wildman–Crippen MR) is 113 cm³/mol. The van der Waals surface area contributed by atoms with Gasteiger partial charge in [0.2, 0.25) is 0 Å². The first-order valence-corrected chi connectivity index (χ1v) is 9.40. The Kier molecular flexibility index (Phi) is 5.05. The van der Waals surface area contributed by atoms with E-state index in [1.54, 1.807) is 32.6 Å². The summed E-state index contributed by atoms with van der Waals surface area (Å²) in [5.74, 6) is -0.399. The Balaban J connectivity index is 1.78. The van der Waals surface area contributed by atoms with E-state index in [0.29, 0.717) is 10.6 Å². The van der Waals surface area contributed by atoms with Crippen LogP contribution in [0.3, 0.4) is 0 Å². The third-order valence-electron chi connectivity index (χ3n) is 4.78. The number of rotatable bonds is 4. The van der Waals surface area contributed by atoms with Crippen LogP contribution in [0, 0.1) is 0 Å². The summed E-state index contributed by atoms with van der Waals surface area (Å²) in [6.07, 6.45) is 5.53. The summed E-state index contributed by atoms with van der Waals surface area (Å²) in [7, 11) is 3.20. The number of hydrogen-bond donors (Lipinski definition) is 2. The van der Waals surface area contributed by atoms with E-state index in [1.807, 2.05) is 36.5 Å². The number of aromatic nitrogens is 3. The zero-order valence-electron chi connectivity index (χ0n) is 15.9. The van der Waals surface area contributed by atoms with Crippen LogP contribution in [-0.4, -0.2) is 45.0 Å². The minimum absolute atomic E-state index is 0.399. The van der Waals surface area contributed by atoms with Crippen molar-refractivity contribution in [2.75, 3.05) is 14.1 Å². The van der Waals surface area contributed by atoms with Crippen LogP contribution in [0.25, 0.3) is 33.3 Å². The monoisotopic (exact) mass is 406 g/mol. The lowest BCUT2D eigenvalue weighted by Crippen LogP contribution is -2.28. The Morgan fingerprint density at radius 3 is 2.62 bits per heavy atom. The first kappa shape index (κ1) is 19.1. The lowest BCUT2D eigenvalue weighted by atomic mass is 10.0. The molecule has 3 aromatic heterocycles. The highest BCUT2D eigenvalue weighted by Gasteiger charge is 2.20. The van der Waals surface area contributed by atoms with Gasteiger partial charge in [0.15, 0.2) is 6.10 Å². The Morgan fingerprint density at radius 2 is 1.86 bits per heavy atom. The number of fused-ring (bicyclic) bond motifs is 1. The number of nitrogens with one attached hydrogen (secondary N) is 1. The number of nitrogens with zero attached hydrogens (tertiary/aromatic N) is 3. The number of carbonyl (C=O) groups excluding carboxylic acids is 1. The van der Waals surface area contributed by atoms with E-state index in [-0.39, 0.29) is 0 Å². The molecule has 0 spiro atoms. The quantitative estimate of drug-likeness (QED) is 0.535. The molecule has 29 heavy (non-hydrogen) atoms. The molecule has 0 aliphatic rings. The molecule has 0 saturated heterocycles. The molecule has 7 heteroatoms. The summed E-state index contributed by atoms with van der Waals surface area (Å²) < 4.78 is 0. The molecule has 1 atom stereocenters. The second-order valence-electron chi connectivity index (χ2n) is 6.94. The molecule has 1 amide bonds. The second kappa shape index (κ2) is 7.66. The summed E-state index contributed by atoms with van der Waals surface area (Å²) in [4.78, 5) is 25.3. The SMILES string of the molecule is CN(C)C(=O)C(O)c1cncc(-c2cnc3[nH]cc(-c4ccccc4Cl)c3c2)c1. The van der Waals surface area contributed by atoms with Gasteiger partial charge in [-0.3, -0.25) is 9.78 Å². The van der Waals surface area contributed by atoms with Crippen LogP contribution in [0.5, 0.6) is 0 Å². The molecule has 2 N–H and O–H groups in total. The number of benzene rings is 1. The van der Waals surface area contributed by atoms with Crippen LogP contribution < -0.4 is 0 Å². The molecule has 0 aliphatic heterocycles. The van der Waals surface area contributed by atoms with Gasteiger partial charge < -0.3 is 15.0 Å². The van der Waals surface area contributed by atoms with Gasteiger partial charge in [0, 0.05) is 77.1 Å². The molecular weight excluding hydrogens is 388 g/mol. The van der Waals surface area contributed by atoms with Crippen molar-refractivity contribution in [3.8, 4) is 22.3 Å². The number of carbonyl (C=O) groups is 1. The fourth-order valence-corrected chi connectivity index (χ4v) is 3.45. The third kappa shape index (κ3) is 3.60. The average molecular weight is 407 g/mol. The van der Waals surface area contributed by atoms with Crippen LogP contribution in [0.2, 0.25) is 5.02 Å². The minimum Gasteiger partial charge on any atom is -0.378 e. The first-order chi connectivity index (χ1) is 14.0. The van der Waals surface area contributed by atoms with E-state index < -0.39 is 12.0 Å². The number of aliphatic hydroxyl groups excluding tert-OH is 1. The molecule has 1 unspecified atom stereocenters. The normalized spacial score (nSPS) is 12.1. The van der Waals surface area contributed by atoms with Crippen LogP contribution in [0.15, 0.2) is 61.2 Å². The molecule has 146 valence electrons. The Hall–Kier alpha value is -3.22. The Morgan fingerprint density at radius 1 is 1.10 bits per heavy atom. The molecule has 0 radical (unpaired) electrons. The van der Waals surface area contributed by atoms with E-state index in [0.717, 1.165) is 33.3 Å². The molecule has 0 saturated carbocycles. The summed E-state index contributed by atoms with van der Waals surface area (Å²) in [5, 5.41) is 11.9. The maximum Gasteiger partial charge on any atom is 0.255 e. The molecule has 0 bridgehead atoms. The third-order valence-corrected chi connectivity index (χ3v) is 5.11. The van der Waals surface area contributed by atoms with Crippen molar-refractivity contribution in [1.82, 2.24) is 19.9 Å². The highest BCUT2D eigenvalue weighted by Crippen LogP contribution is 2.34. The molecule has 3 heterocycles. The van der Waals surface area contributed by atoms with E-state index >= 15 is 0 Å². The first-order valence-electron chi connectivity index (χ1n) is 9.02. The number of hydrogen-bond acceptors (Lipinski definition) is 4. The lowest BCUT2D eigenvalue weighted by molar-refractivity contribution is -0.137. The van der Waals surface area contributed by atoms with Crippen molar-refractivity contribution in [3.05, 3.63) is 71.8 Å². The van der Waals surface area contributed by atoms with Crippen molar-refractivity contribution in [3.63, 3.8) is 0 Å². The Labute approximate surface area is 172 Å². The van der Waals surface area contributed by atoms with E-state index in [1.165, 1.54) is 11.1 Å². The van der Waals surface area contributed by atoms with Crippen LogP contribution in [-0.2, 0) is 4.79 Å². The lowest BCUT2D eigenvalue weighted by Gasteiger charge is -2.16. The van der Waals surface area contributed by atoms with Crippen molar-refractivity contribution in [1.29, 1.82) is 0 Å². The van der Waals surface area contributed by atoms with E-state index in [2.05, 4.69) is 15.0 Å². The van der Waals surface area contributed by atoms with Gasteiger partial charge >= 0.3 is 0 Å². The fourth-order valence-electron chi connectivity index (χ4n) is 3.22. The fraction of sp³-hybridized carbons (Fsp3) is 0.136. The molecule has 0 aliphatic carbocycles. The number of aliphatic hydroxyl groups is 1. The van der Waals surface area contributed by atoms with E-state index in [9.17, 15) is 9.90 Å². The molecular formula is C22H19ClN4O2. The highest BCUT2D eigenvalue weighted by atomic mass is 35.5. The van der Waals surface area contributed by atoms with Gasteiger partial charge in [-0.15, -0.1) is 0 Å². The number of aromatic amines is 1. The maximum atomic E-state index is 12.1. The number of amides is 1. The standard InChI is InChI=1S/C22H19ClN4O2/c1-27(2)22(29)20(28)15-7-13(9-24-10-15)14-8-17-18(12-26-21(17)25-11-14)16-5-3-4-6-19(16)23/h3-12,20,28H,1-2H3,(H,25,26). The van der Waals surface area contributed by atoms with Crippen molar-refractivity contribution < 1.29 is 9.90 Å². The molecule has 1 aromatic carbocycles. The van der Waals surface area contributed by atoms with Gasteiger partial charge in [-0.05, 0) is 18.2 Å². The number of H-pyrrole nitrogens is 1. The summed E-state index contributed by atoms with van der Waals surface area (Å²) in [6, 6.07) is 11.4. The van der Waals surface area contributed by atoms with Gasteiger partial charge in [-0.25, -0.2) is 4.98 Å². The Bertz CT molecular complexity index is 1200. The number of pyridine rings is 2. The number of likely N-dealkylation sites (N-methyl/N-ethyl adjacent to an activating group) is 1. The minimum atomic E-state index is -1.26. The van der Waals surface area contributed by atoms with Crippen molar-refractivity contribution in [2.45, 2.75) is 6.10 Å². The topological polar surface area (TPSA) is 82.1 Å². The molecule has 4 aromatic rings. The molecule has 0 fully saturated rings. The zero-order valence-corrected chi connectivity index (χ0v) is 16.7. The zero-order chi connectivity index (χ0) is 20.5. The second-order valence-corrected chi connectivity index (χ2v) is 7.35. The average Bonchev–Trinajstić information content (AvgIpc) is 3.16. The van der Waals surface area contributed by atoms with Gasteiger partial charge in [0.1, 0.15) is 5.65 Å². The van der Waals surface area contributed by atoms with Crippen LogP contribution >= 0.6 is 11.6 Å². The van der Waals surface area contributed by atoms with Crippen molar-refractivity contribution >= 4 is 28.5 Å². The molecule has 6 nitrogen and oxygen atoms in total. The maximum absolute atomic E-state index is 12.1. The van der Waals surface area contributed by atoms with Crippen LogP contribution in [0.4, 0.5) is 0 Å². The van der Waals surface area contributed by atoms with Gasteiger partial charge in [0.25, 0.3) is 5.91 Å².